The summed E-state index contributed by atoms with van der Waals surface area (Å²) >= 11 is 1.70. The van der Waals surface area contributed by atoms with E-state index in [1.807, 2.05) is 12.1 Å². The van der Waals surface area contributed by atoms with E-state index in [2.05, 4.69) is 36.0 Å². The van der Waals surface area contributed by atoms with Crippen molar-refractivity contribution in [3.05, 3.63) is 18.3 Å². The first-order chi connectivity index (χ1) is 12.9. The molecule has 3 aliphatic heterocycles. The van der Waals surface area contributed by atoms with E-state index in [1.165, 1.54) is 0 Å². The van der Waals surface area contributed by atoms with Gasteiger partial charge in [0.1, 0.15) is 11.9 Å². The number of carbonyl (C=O) groups excluding carboxylic acids is 2. The van der Waals surface area contributed by atoms with Gasteiger partial charge < -0.3 is 19.9 Å². The Morgan fingerprint density at radius 2 is 2.07 bits per heavy atom. The number of pyridine rings is 1. The highest BCUT2D eigenvalue weighted by molar-refractivity contribution is 8.01. The van der Waals surface area contributed by atoms with E-state index in [0.717, 1.165) is 25.3 Å². The molecule has 27 heavy (non-hydrogen) atoms. The molecule has 1 aromatic rings. The van der Waals surface area contributed by atoms with Gasteiger partial charge in [-0.15, -0.1) is 11.8 Å². The number of ether oxygens (including phenoxy) is 1. The van der Waals surface area contributed by atoms with Gasteiger partial charge in [0.2, 0.25) is 11.8 Å². The molecule has 4 rings (SSSR count). The van der Waals surface area contributed by atoms with Crippen LogP contribution in [0.1, 0.15) is 33.6 Å². The van der Waals surface area contributed by atoms with Crippen LogP contribution in [-0.4, -0.2) is 63.7 Å². The SMILES string of the molecule is C[C@@H]1CN(c2ccc(NC(=O)[C@@H]3CS[C@]4(C)CCC(=O)N34)cn2)C[C@H](C)O1. The van der Waals surface area contributed by atoms with Crippen molar-refractivity contribution in [2.75, 3.05) is 29.1 Å². The van der Waals surface area contributed by atoms with Gasteiger partial charge >= 0.3 is 0 Å². The molecule has 2 amide bonds. The number of anilines is 2. The van der Waals surface area contributed by atoms with Crippen molar-refractivity contribution >= 4 is 35.1 Å². The van der Waals surface area contributed by atoms with Gasteiger partial charge in [-0.05, 0) is 39.3 Å². The molecule has 3 fully saturated rings. The van der Waals surface area contributed by atoms with Crippen molar-refractivity contribution in [2.45, 2.75) is 56.7 Å². The molecule has 4 atom stereocenters. The van der Waals surface area contributed by atoms with Crippen LogP contribution in [0.15, 0.2) is 18.3 Å². The van der Waals surface area contributed by atoms with Crippen LogP contribution in [0.25, 0.3) is 0 Å². The fourth-order valence-corrected chi connectivity index (χ4v) is 5.68. The predicted molar refractivity (Wildman–Crippen MR) is 106 cm³/mol. The molecule has 7 nitrogen and oxygen atoms in total. The molecule has 3 aliphatic rings. The Labute approximate surface area is 163 Å². The van der Waals surface area contributed by atoms with Crippen LogP contribution >= 0.6 is 11.8 Å². The molecule has 8 heteroatoms. The van der Waals surface area contributed by atoms with Gasteiger partial charge in [0, 0.05) is 25.3 Å². The third-order valence-corrected chi connectivity index (χ3v) is 7.01. The molecule has 0 unspecified atom stereocenters. The Kier molecular flexibility index (Phi) is 4.80. The van der Waals surface area contributed by atoms with Crippen LogP contribution in [-0.2, 0) is 14.3 Å². The van der Waals surface area contributed by atoms with E-state index >= 15 is 0 Å². The quantitative estimate of drug-likeness (QED) is 0.852. The molecule has 0 saturated carbocycles. The molecule has 0 spiro atoms. The second-order valence-electron chi connectivity index (χ2n) is 7.82. The number of nitrogens with zero attached hydrogens (tertiary/aromatic N) is 3. The van der Waals surface area contributed by atoms with Gasteiger partial charge in [0.15, 0.2) is 0 Å². The molecule has 0 radical (unpaired) electrons. The second-order valence-corrected chi connectivity index (χ2v) is 9.32. The second kappa shape index (κ2) is 6.98. The summed E-state index contributed by atoms with van der Waals surface area (Å²) in [5, 5.41) is 2.93. The number of hydrogen-bond donors (Lipinski definition) is 1. The van der Waals surface area contributed by atoms with Crippen LogP contribution in [0.5, 0.6) is 0 Å². The Bertz CT molecular complexity index is 733. The normalized spacial score (nSPS) is 33.3. The van der Waals surface area contributed by atoms with Gasteiger partial charge in [-0.25, -0.2) is 4.98 Å². The van der Waals surface area contributed by atoms with Crippen molar-refractivity contribution in [2.24, 2.45) is 0 Å². The van der Waals surface area contributed by atoms with Crippen LogP contribution in [0.2, 0.25) is 0 Å². The topological polar surface area (TPSA) is 74.8 Å². The number of nitrogens with one attached hydrogen (secondary N) is 1. The first-order valence-corrected chi connectivity index (χ1v) is 10.5. The minimum Gasteiger partial charge on any atom is -0.372 e. The Hall–Kier alpha value is -1.80. The molecular weight excluding hydrogens is 364 g/mol. The first-order valence-electron chi connectivity index (χ1n) is 9.49. The van der Waals surface area contributed by atoms with E-state index < -0.39 is 6.04 Å². The standard InChI is InChI=1S/C19H26N4O3S/c1-12-9-22(10-13(2)26-12)16-5-4-14(8-20-16)21-18(25)15-11-27-19(3)7-6-17(24)23(15)19/h4-5,8,12-13,15H,6-7,9-11H2,1-3H3,(H,21,25)/t12-,13+,15-,19+/m0/s1. The minimum atomic E-state index is -0.407. The van der Waals surface area contributed by atoms with Crippen molar-refractivity contribution in [3.8, 4) is 0 Å². The highest BCUT2D eigenvalue weighted by Crippen LogP contribution is 2.47. The van der Waals surface area contributed by atoms with E-state index in [-0.39, 0.29) is 28.9 Å². The molecule has 4 heterocycles. The maximum absolute atomic E-state index is 12.7. The summed E-state index contributed by atoms with van der Waals surface area (Å²) in [7, 11) is 0. The Morgan fingerprint density at radius 3 is 2.74 bits per heavy atom. The van der Waals surface area contributed by atoms with E-state index in [0.29, 0.717) is 17.9 Å². The maximum Gasteiger partial charge on any atom is 0.248 e. The van der Waals surface area contributed by atoms with Crippen LogP contribution in [0.4, 0.5) is 11.5 Å². The van der Waals surface area contributed by atoms with Crippen LogP contribution in [0, 0.1) is 0 Å². The van der Waals surface area contributed by atoms with Crippen molar-refractivity contribution in [1.29, 1.82) is 0 Å². The first kappa shape index (κ1) is 18.6. The summed E-state index contributed by atoms with van der Waals surface area (Å²) in [4.78, 5) is 33.2. The number of rotatable bonds is 3. The molecular formula is C19H26N4O3S. The van der Waals surface area contributed by atoms with Gasteiger partial charge in [0.05, 0.1) is 29.0 Å². The van der Waals surface area contributed by atoms with Crippen molar-refractivity contribution < 1.29 is 14.3 Å². The molecule has 1 N–H and O–H groups in total. The highest BCUT2D eigenvalue weighted by atomic mass is 32.2. The lowest BCUT2D eigenvalue weighted by Crippen LogP contribution is -2.48. The fraction of sp³-hybridized carbons (Fsp3) is 0.632. The molecule has 0 bridgehead atoms. The van der Waals surface area contributed by atoms with E-state index in [4.69, 9.17) is 4.74 Å². The van der Waals surface area contributed by atoms with Crippen molar-refractivity contribution in [3.63, 3.8) is 0 Å². The van der Waals surface area contributed by atoms with Crippen LogP contribution < -0.4 is 10.2 Å². The zero-order valence-electron chi connectivity index (χ0n) is 16.0. The zero-order chi connectivity index (χ0) is 19.2. The number of carbonyl (C=O) groups is 2. The number of fused-ring (bicyclic) bond motifs is 1. The summed E-state index contributed by atoms with van der Waals surface area (Å²) < 4.78 is 5.76. The van der Waals surface area contributed by atoms with Crippen molar-refractivity contribution in [1.82, 2.24) is 9.88 Å². The highest BCUT2D eigenvalue weighted by Gasteiger charge is 2.52. The molecule has 1 aromatic heterocycles. The molecule has 0 aliphatic carbocycles. The number of aromatic nitrogens is 1. The predicted octanol–water partition coefficient (Wildman–Crippen LogP) is 2.09. The smallest absolute Gasteiger partial charge is 0.248 e. The van der Waals surface area contributed by atoms with Gasteiger partial charge in [-0.2, -0.15) is 0 Å². The van der Waals surface area contributed by atoms with Gasteiger partial charge in [-0.1, -0.05) is 0 Å². The lowest BCUT2D eigenvalue weighted by molar-refractivity contribution is -0.135. The Morgan fingerprint density at radius 1 is 1.33 bits per heavy atom. The summed E-state index contributed by atoms with van der Waals surface area (Å²) in [6, 6.07) is 3.39. The summed E-state index contributed by atoms with van der Waals surface area (Å²) in [5.74, 6) is 1.47. The maximum atomic E-state index is 12.7. The van der Waals surface area contributed by atoms with E-state index in [1.54, 1.807) is 22.9 Å². The largest absolute Gasteiger partial charge is 0.372 e. The van der Waals surface area contributed by atoms with Crippen LogP contribution in [0.3, 0.4) is 0 Å². The average Bonchev–Trinajstić information content (AvgIpc) is 3.11. The third-order valence-electron chi connectivity index (χ3n) is 5.51. The fourth-order valence-electron chi connectivity index (χ4n) is 4.25. The number of thioether (sulfide) groups is 1. The van der Waals surface area contributed by atoms with E-state index in [9.17, 15) is 9.59 Å². The number of morpholine rings is 1. The molecule has 146 valence electrons. The van der Waals surface area contributed by atoms with Gasteiger partial charge in [0.25, 0.3) is 0 Å². The Balaban J connectivity index is 1.41. The van der Waals surface area contributed by atoms with Gasteiger partial charge in [-0.3, -0.25) is 9.59 Å². The molecule has 0 aromatic carbocycles. The summed E-state index contributed by atoms with van der Waals surface area (Å²) in [6.45, 7) is 7.78. The number of hydrogen-bond acceptors (Lipinski definition) is 6. The average molecular weight is 391 g/mol. The summed E-state index contributed by atoms with van der Waals surface area (Å²) in [6.07, 6.45) is 3.36. The molecule has 3 saturated heterocycles. The monoisotopic (exact) mass is 390 g/mol. The zero-order valence-corrected chi connectivity index (χ0v) is 16.8. The summed E-state index contributed by atoms with van der Waals surface area (Å²) in [5.41, 5.74) is 0.656. The lowest BCUT2D eigenvalue weighted by atomic mass is 10.2. The lowest BCUT2D eigenvalue weighted by Gasteiger charge is -2.36. The third kappa shape index (κ3) is 3.52. The number of amides is 2. The minimum absolute atomic E-state index is 0.0756.